The fraction of sp³-hybridized carbons (Fsp3) is 0.462. The zero-order chi connectivity index (χ0) is 27.0. The van der Waals surface area contributed by atoms with Crippen molar-refractivity contribution in [3.05, 3.63) is 48.2 Å². The minimum absolute atomic E-state index is 0.145. The third-order valence-corrected chi connectivity index (χ3v) is 6.03. The molecule has 204 valence electrons. The summed E-state index contributed by atoms with van der Waals surface area (Å²) < 4.78 is 35.6. The monoisotopic (exact) mass is 528 g/mol. The van der Waals surface area contributed by atoms with E-state index < -0.39 is 11.7 Å². The second-order valence-corrected chi connectivity index (χ2v) is 9.15. The van der Waals surface area contributed by atoms with Gasteiger partial charge in [-0.2, -0.15) is 0 Å². The first-order chi connectivity index (χ1) is 18.4. The van der Waals surface area contributed by atoms with Gasteiger partial charge in [0.2, 0.25) is 18.1 Å². The molecule has 0 spiro atoms. The Bertz CT molecular complexity index is 1200. The van der Waals surface area contributed by atoms with Gasteiger partial charge in [-0.25, -0.2) is 19.3 Å². The van der Waals surface area contributed by atoms with E-state index in [1.807, 2.05) is 0 Å². The molecule has 1 amide bonds. The molecule has 4 rings (SSSR count). The average Bonchev–Trinajstić information content (AvgIpc) is 3.38. The van der Waals surface area contributed by atoms with Crippen molar-refractivity contribution >= 4 is 11.9 Å². The molecule has 1 aliphatic heterocycles. The van der Waals surface area contributed by atoms with Crippen LogP contribution in [0.1, 0.15) is 25.5 Å². The Hall–Kier alpha value is -3.45. The van der Waals surface area contributed by atoms with Gasteiger partial charge in [-0.05, 0) is 43.7 Å². The standard InChI is InChI=1S/C26H33FN6O5/c1-26(24(34)28-10-4-13-35-2)15-37-23(38-16-26)22-32-20(17-5-7-18(27)8-6-17)21(33-22)19-9-11-29-25(31-19)30-12-14-36-3/h5-9,11,23H,4,10,12-16H2,1-3H3,(H,28,34)(H,32,33)(H,29,30,31). The average molecular weight is 529 g/mol. The molecule has 3 aromatic rings. The topological polar surface area (TPSA) is 133 Å². The Morgan fingerprint density at radius 1 is 1.11 bits per heavy atom. The molecule has 12 heteroatoms. The van der Waals surface area contributed by atoms with Crippen LogP contribution in [0.3, 0.4) is 0 Å². The highest BCUT2D eigenvalue weighted by Crippen LogP contribution is 2.35. The number of nitrogens with zero attached hydrogens (tertiary/aromatic N) is 3. The molecule has 1 aromatic carbocycles. The first-order valence-corrected chi connectivity index (χ1v) is 12.4. The summed E-state index contributed by atoms with van der Waals surface area (Å²) in [6.45, 7) is 4.22. The lowest BCUT2D eigenvalue weighted by molar-refractivity contribution is -0.231. The molecule has 0 bridgehead atoms. The summed E-state index contributed by atoms with van der Waals surface area (Å²) in [7, 11) is 3.24. The number of ether oxygens (including phenoxy) is 4. The SMILES string of the molecule is COCCCNC(=O)C1(C)COC(c2nc(-c3ccc(F)cc3)c(-c3ccnc(NCCOC)n3)[nH]2)OC1. The molecule has 1 aliphatic rings. The molecule has 2 aromatic heterocycles. The fourth-order valence-electron chi connectivity index (χ4n) is 3.88. The molecule has 0 radical (unpaired) electrons. The van der Waals surface area contributed by atoms with Crippen molar-refractivity contribution in [3.8, 4) is 22.6 Å². The second-order valence-electron chi connectivity index (χ2n) is 9.15. The first-order valence-electron chi connectivity index (χ1n) is 12.4. The predicted molar refractivity (Wildman–Crippen MR) is 138 cm³/mol. The Morgan fingerprint density at radius 3 is 2.55 bits per heavy atom. The van der Waals surface area contributed by atoms with Crippen LogP contribution >= 0.6 is 0 Å². The molecular formula is C26H33FN6O5. The Labute approximate surface area is 220 Å². The molecule has 38 heavy (non-hydrogen) atoms. The minimum atomic E-state index is -0.839. The summed E-state index contributed by atoms with van der Waals surface area (Å²) in [5.74, 6) is 0.345. The summed E-state index contributed by atoms with van der Waals surface area (Å²) in [5, 5.41) is 6.01. The minimum Gasteiger partial charge on any atom is -0.385 e. The number of rotatable bonds is 12. The van der Waals surface area contributed by atoms with E-state index in [0.717, 1.165) is 6.42 Å². The highest BCUT2D eigenvalue weighted by atomic mass is 19.1. The van der Waals surface area contributed by atoms with E-state index in [9.17, 15) is 9.18 Å². The summed E-state index contributed by atoms with van der Waals surface area (Å²) in [4.78, 5) is 29.6. The number of carbonyl (C=O) groups excluding carboxylic acids is 1. The van der Waals surface area contributed by atoms with Crippen molar-refractivity contribution in [1.82, 2.24) is 25.3 Å². The van der Waals surface area contributed by atoms with Crippen LogP contribution in [0.15, 0.2) is 36.5 Å². The number of anilines is 1. The van der Waals surface area contributed by atoms with E-state index in [2.05, 4.69) is 25.6 Å². The van der Waals surface area contributed by atoms with Gasteiger partial charge >= 0.3 is 0 Å². The van der Waals surface area contributed by atoms with Crippen molar-refractivity contribution in [2.45, 2.75) is 19.6 Å². The third-order valence-electron chi connectivity index (χ3n) is 6.03. The lowest BCUT2D eigenvalue weighted by atomic mass is 9.91. The number of methoxy groups -OCH3 is 2. The van der Waals surface area contributed by atoms with Gasteiger partial charge in [-0.1, -0.05) is 0 Å². The molecule has 0 aliphatic carbocycles. The maximum Gasteiger partial charge on any atom is 0.230 e. The molecule has 0 saturated carbocycles. The quantitative estimate of drug-likeness (QED) is 0.304. The number of aromatic amines is 1. The number of halogens is 1. The summed E-state index contributed by atoms with van der Waals surface area (Å²) in [5.41, 5.74) is 1.58. The number of carbonyl (C=O) groups is 1. The Balaban J connectivity index is 1.55. The van der Waals surface area contributed by atoms with Gasteiger partial charge in [-0.3, -0.25) is 4.79 Å². The maximum atomic E-state index is 13.6. The molecular weight excluding hydrogens is 495 g/mol. The van der Waals surface area contributed by atoms with Crippen molar-refractivity contribution in [2.24, 2.45) is 5.41 Å². The number of aromatic nitrogens is 4. The largest absolute Gasteiger partial charge is 0.385 e. The number of imidazole rings is 1. The fourth-order valence-corrected chi connectivity index (χ4v) is 3.88. The summed E-state index contributed by atoms with van der Waals surface area (Å²) in [6, 6.07) is 7.78. The number of nitrogens with one attached hydrogen (secondary N) is 3. The summed E-state index contributed by atoms with van der Waals surface area (Å²) in [6.07, 6.45) is 1.53. The first kappa shape index (κ1) is 27.6. The Kier molecular flexibility index (Phi) is 9.34. The van der Waals surface area contributed by atoms with Crippen LogP contribution in [0.25, 0.3) is 22.6 Å². The third kappa shape index (κ3) is 6.70. The van der Waals surface area contributed by atoms with Gasteiger partial charge in [0.05, 0.1) is 42.3 Å². The smallest absolute Gasteiger partial charge is 0.230 e. The molecule has 1 fully saturated rings. The number of benzene rings is 1. The van der Waals surface area contributed by atoms with Gasteiger partial charge in [0, 0.05) is 45.7 Å². The van der Waals surface area contributed by atoms with Gasteiger partial charge in [-0.15, -0.1) is 0 Å². The van der Waals surface area contributed by atoms with Crippen molar-refractivity contribution in [2.75, 3.05) is 59.1 Å². The number of hydrogen-bond acceptors (Lipinski definition) is 9. The number of hydrogen-bond donors (Lipinski definition) is 3. The van der Waals surface area contributed by atoms with Crippen molar-refractivity contribution in [3.63, 3.8) is 0 Å². The van der Waals surface area contributed by atoms with Crippen LogP contribution in [0, 0.1) is 11.2 Å². The molecule has 0 unspecified atom stereocenters. The Morgan fingerprint density at radius 2 is 1.84 bits per heavy atom. The molecule has 3 heterocycles. The van der Waals surface area contributed by atoms with E-state index in [4.69, 9.17) is 23.9 Å². The van der Waals surface area contributed by atoms with Crippen molar-refractivity contribution < 1.29 is 28.1 Å². The molecule has 0 atom stereocenters. The van der Waals surface area contributed by atoms with E-state index in [-0.39, 0.29) is 24.9 Å². The van der Waals surface area contributed by atoms with Crippen LogP contribution < -0.4 is 10.6 Å². The zero-order valence-electron chi connectivity index (χ0n) is 21.8. The van der Waals surface area contributed by atoms with Gasteiger partial charge in [0.15, 0.2) is 5.82 Å². The normalized spacial score (nSPS) is 19.3. The maximum absolute atomic E-state index is 13.6. The van der Waals surface area contributed by atoms with E-state index in [0.29, 0.717) is 60.7 Å². The van der Waals surface area contributed by atoms with Crippen LogP contribution in [-0.4, -0.2) is 79.6 Å². The highest BCUT2D eigenvalue weighted by Gasteiger charge is 2.40. The van der Waals surface area contributed by atoms with Crippen LogP contribution in [0.5, 0.6) is 0 Å². The van der Waals surface area contributed by atoms with E-state index in [1.165, 1.54) is 12.1 Å². The zero-order valence-corrected chi connectivity index (χ0v) is 21.8. The predicted octanol–water partition coefficient (Wildman–Crippen LogP) is 2.94. The lowest BCUT2D eigenvalue weighted by Gasteiger charge is -2.35. The highest BCUT2D eigenvalue weighted by molar-refractivity contribution is 5.82. The number of amides is 1. The molecule has 3 N–H and O–H groups in total. The lowest BCUT2D eigenvalue weighted by Crippen LogP contribution is -2.48. The molecule has 11 nitrogen and oxygen atoms in total. The number of H-pyrrole nitrogens is 1. The van der Waals surface area contributed by atoms with E-state index in [1.54, 1.807) is 45.5 Å². The van der Waals surface area contributed by atoms with Gasteiger partial charge in [0.1, 0.15) is 5.82 Å². The van der Waals surface area contributed by atoms with E-state index >= 15 is 0 Å². The van der Waals surface area contributed by atoms with Crippen LogP contribution in [0.4, 0.5) is 10.3 Å². The van der Waals surface area contributed by atoms with Crippen LogP contribution in [0.2, 0.25) is 0 Å². The van der Waals surface area contributed by atoms with Gasteiger partial charge < -0.3 is 34.6 Å². The van der Waals surface area contributed by atoms with Crippen molar-refractivity contribution in [1.29, 1.82) is 0 Å². The van der Waals surface area contributed by atoms with Gasteiger partial charge in [0.25, 0.3) is 0 Å². The molecule has 1 saturated heterocycles. The summed E-state index contributed by atoms with van der Waals surface area (Å²) >= 11 is 0. The van der Waals surface area contributed by atoms with Crippen LogP contribution in [-0.2, 0) is 23.7 Å². The second kappa shape index (κ2) is 12.9.